The first-order valence-corrected chi connectivity index (χ1v) is 7.77. The Kier molecular flexibility index (Phi) is 5.00. The van der Waals surface area contributed by atoms with Crippen LogP contribution in [0.1, 0.15) is 12.8 Å². The molecule has 0 spiro atoms. The minimum absolute atomic E-state index is 0.0763. The Hall–Kier alpha value is -0.430. The van der Waals surface area contributed by atoms with E-state index in [-0.39, 0.29) is 11.8 Å². The molecule has 0 saturated carbocycles. The average Bonchev–Trinajstić information content (AvgIpc) is 2.38. The number of piperidine rings is 1. The molecule has 1 amide bonds. The maximum absolute atomic E-state index is 12.3. The number of nitrogens with zero attached hydrogens (tertiary/aromatic N) is 2. The fourth-order valence-electron chi connectivity index (χ4n) is 2.63. The van der Waals surface area contributed by atoms with Gasteiger partial charge in [-0.05, 0) is 25.9 Å². The Morgan fingerprint density at radius 3 is 2.21 bits per heavy atom. The quantitative estimate of drug-likeness (QED) is 0.777. The van der Waals surface area contributed by atoms with Gasteiger partial charge >= 0.3 is 6.18 Å². The Bertz CT molecular complexity index is 311. The van der Waals surface area contributed by atoms with Crippen LogP contribution in [0.3, 0.4) is 0 Å². The number of hydrogen-bond acceptors (Lipinski definition) is 3. The monoisotopic (exact) mass is 296 g/mol. The zero-order valence-corrected chi connectivity index (χ0v) is 11.6. The lowest BCUT2D eigenvalue weighted by Crippen LogP contribution is -2.46. The Morgan fingerprint density at radius 2 is 1.68 bits per heavy atom. The van der Waals surface area contributed by atoms with Gasteiger partial charge in [-0.2, -0.15) is 24.9 Å². The molecule has 2 saturated heterocycles. The molecule has 0 aromatic heterocycles. The molecule has 0 aliphatic carbocycles. The third-order valence-electron chi connectivity index (χ3n) is 3.66. The molecule has 0 aromatic rings. The smallest absolute Gasteiger partial charge is 0.341 e. The Balaban J connectivity index is 1.77. The first kappa shape index (κ1) is 15.0. The fourth-order valence-corrected chi connectivity index (χ4v) is 3.54. The van der Waals surface area contributed by atoms with E-state index in [1.165, 1.54) is 4.90 Å². The van der Waals surface area contributed by atoms with Crippen LogP contribution in [0.25, 0.3) is 0 Å². The summed E-state index contributed by atoms with van der Waals surface area (Å²) < 4.78 is 36.8. The van der Waals surface area contributed by atoms with Crippen molar-refractivity contribution >= 4 is 17.7 Å². The van der Waals surface area contributed by atoms with Crippen molar-refractivity contribution in [1.29, 1.82) is 0 Å². The van der Waals surface area contributed by atoms with Crippen molar-refractivity contribution in [2.45, 2.75) is 19.0 Å². The molecule has 2 rings (SSSR count). The van der Waals surface area contributed by atoms with Crippen molar-refractivity contribution in [1.82, 2.24) is 9.80 Å². The summed E-state index contributed by atoms with van der Waals surface area (Å²) in [6.07, 6.45) is -3.03. The lowest BCUT2D eigenvalue weighted by molar-refractivity contribution is -0.151. The van der Waals surface area contributed by atoms with Gasteiger partial charge in [0.2, 0.25) is 5.91 Å². The molecule has 0 aromatic carbocycles. The Labute approximate surface area is 115 Å². The predicted octanol–water partition coefficient (Wildman–Crippen LogP) is 1.84. The van der Waals surface area contributed by atoms with E-state index >= 15 is 0 Å². The van der Waals surface area contributed by atoms with Crippen molar-refractivity contribution in [2.24, 2.45) is 5.92 Å². The number of halogens is 3. The van der Waals surface area contributed by atoms with Crippen molar-refractivity contribution in [3.05, 3.63) is 0 Å². The number of thioether (sulfide) groups is 1. The maximum atomic E-state index is 12.3. The van der Waals surface area contributed by atoms with Crippen molar-refractivity contribution in [3.63, 3.8) is 0 Å². The third-order valence-corrected chi connectivity index (χ3v) is 4.60. The molecular weight excluding hydrogens is 277 g/mol. The first-order valence-electron chi connectivity index (χ1n) is 6.61. The van der Waals surface area contributed by atoms with Crippen molar-refractivity contribution < 1.29 is 18.0 Å². The van der Waals surface area contributed by atoms with E-state index in [0.29, 0.717) is 25.9 Å². The highest BCUT2D eigenvalue weighted by Gasteiger charge is 2.35. The van der Waals surface area contributed by atoms with Gasteiger partial charge in [0.05, 0.1) is 6.54 Å². The summed E-state index contributed by atoms with van der Waals surface area (Å²) in [5, 5.41) is 0. The van der Waals surface area contributed by atoms with Gasteiger partial charge in [0.15, 0.2) is 0 Å². The summed E-state index contributed by atoms with van der Waals surface area (Å²) in [5.41, 5.74) is 0. The van der Waals surface area contributed by atoms with Crippen LogP contribution in [-0.4, -0.2) is 66.1 Å². The van der Waals surface area contributed by atoms with Gasteiger partial charge in [0.1, 0.15) is 0 Å². The molecule has 0 unspecified atom stereocenters. The molecule has 0 bridgehead atoms. The zero-order chi connectivity index (χ0) is 13.9. The third kappa shape index (κ3) is 4.56. The van der Waals surface area contributed by atoms with Crippen LogP contribution in [0.2, 0.25) is 0 Å². The summed E-state index contributed by atoms with van der Waals surface area (Å²) >= 11 is 1.84. The molecule has 0 radical (unpaired) electrons. The van der Waals surface area contributed by atoms with E-state index in [0.717, 1.165) is 24.6 Å². The van der Waals surface area contributed by atoms with Crippen molar-refractivity contribution in [2.75, 3.05) is 44.2 Å². The van der Waals surface area contributed by atoms with Crippen LogP contribution in [0.5, 0.6) is 0 Å². The van der Waals surface area contributed by atoms with E-state index in [2.05, 4.69) is 0 Å². The first-order chi connectivity index (χ1) is 8.96. The molecule has 0 N–H and O–H groups in total. The molecule has 110 valence electrons. The lowest BCUT2D eigenvalue weighted by atomic mass is 9.95. The van der Waals surface area contributed by atoms with Gasteiger partial charge in [-0.25, -0.2) is 0 Å². The van der Waals surface area contributed by atoms with Gasteiger partial charge in [0, 0.05) is 30.5 Å². The van der Waals surface area contributed by atoms with Gasteiger partial charge in [-0.3, -0.25) is 9.69 Å². The zero-order valence-electron chi connectivity index (χ0n) is 10.8. The largest absolute Gasteiger partial charge is 0.401 e. The second-order valence-corrected chi connectivity index (χ2v) is 6.33. The summed E-state index contributed by atoms with van der Waals surface area (Å²) in [7, 11) is 0. The molecule has 2 aliphatic rings. The maximum Gasteiger partial charge on any atom is 0.401 e. The van der Waals surface area contributed by atoms with Gasteiger partial charge in [0.25, 0.3) is 0 Å². The van der Waals surface area contributed by atoms with Gasteiger partial charge < -0.3 is 4.90 Å². The number of rotatable bonds is 2. The fraction of sp³-hybridized carbons (Fsp3) is 0.917. The van der Waals surface area contributed by atoms with Crippen LogP contribution >= 0.6 is 11.8 Å². The van der Waals surface area contributed by atoms with Crippen molar-refractivity contribution in [3.8, 4) is 0 Å². The number of likely N-dealkylation sites (tertiary alicyclic amines) is 1. The molecule has 3 nitrogen and oxygen atoms in total. The summed E-state index contributed by atoms with van der Waals surface area (Å²) in [4.78, 5) is 15.5. The Morgan fingerprint density at radius 1 is 1.11 bits per heavy atom. The second-order valence-electron chi connectivity index (χ2n) is 5.10. The number of alkyl halides is 3. The normalized spacial score (nSPS) is 23.6. The number of carbonyl (C=O) groups excluding carboxylic acids is 1. The van der Waals surface area contributed by atoms with E-state index < -0.39 is 12.7 Å². The van der Waals surface area contributed by atoms with Crippen LogP contribution in [0.4, 0.5) is 13.2 Å². The minimum atomic E-state index is -4.14. The lowest BCUT2D eigenvalue weighted by Gasteiger charge is -2.35. The standard InChI is InChI=1S/C12H19F3N2OS/c13-12(14,15)9-16-3-1-10(2-4-16)11(18)17-5-7-19-8-6-17/h10H,1-9H2. The number of carbonyl (C=O) groups is 1. The average molecular weight is 296 g/mol. The second kappa shape index (κ2) is 6.35. The van der Waals surface area contributed by atoms with E-state index in [1.54, 1.807) is 0 Å². The minimum Gasteiger partial charge on any atom is -0.341 e. The topological polar surface area (TPSA) is 23.6 Å². The molecular formula is C12H19F3N2OS. The molecule has 2 fully saturated rings. The summed E-state index contributed by atoms with van der Waals surface area (Å²) in [6.45, 7) is 1.46. The molecule has 2 aliphatic heterocycles. The highest BCUT2D eigenvalue weighted by Crippen LogP contribution is 2.24. The van der Waals surface area contributed by atoms with E-state index in [4.69, 9.17) is 0 Å². The summed E-state index contributed by atoms with van der Waals surface area (Å²) in [6, 6.07) is 0. The molecule has 19 heavy (non-hydrogen) atoms. The van der Waals surface area contributed by atoms with Gasteiger partial charge in [-0.15, -0.1) is 0 Å². The molecule has 0 atom stereocenters. The number of amides is 1. The van der Waals surface area contributed by atoms with E-state index in [1.807, 2.05) is 16.7 Å². The van der Waals surface area contributed by atoms with Crippen LogP contribution in [0, 0.1) is 5.92 Å². The predicted molar refractivity (Wildman–Crippen MR) is 69.1 cm³/mol. The SMILES string of the molecule is O=C(C1CCN(CC(F)(F)F)CC1)N1CCSCC1. The summed E-state index contributed by atoms with van der Waals surface area (Å²) in [5.74, 6) is 2.01. The van der Waals surface area contributed by atoms with Crippen LogP contribution < -0.4 is 0 Å². The van der Waals surface area contributed by atoms with Crippen LogP contribution in [-0.2, 0) is 4.79 Å². The van der Waals surface area contributed by atoms with E-state index in [9.17, 15) is 18.0 Å². The van der Waals surface area contributed by atoms with Gasteiger partial charge in [-0.1, -0.05) is 0 Å². The molecule has 7 heteroatoms. The highest BCUT2D eigenvalue weighted by molar-refractivity contribution is 7.99. The highest BCUT2D eigenvalue weighted by atomic mass is 32.2. The number of hydrogen-bond donors (Lipinski definition) is 0. The van der Waals surface area contributed by atoms with Crippen LogP contribution in [0.15, 0.2) is 0 Å². The molecule has 2 heterocycles.